The zero-order chi connectivity index (χ0) is 24.2. The van der Waals surface area contributed by atoms with Crippen LogP contribution in [0.1, 0.15) is 95.4 Å². The van der Waals surface area contributed by atoms with Gasteiger partial charge in [-0.15, -0.1) is 0 Å². The third-order valence-corrected chi connectivity index (χ3v) is 4.49. The van der Waals surface area contributed by atoms with E-state index in [1.54, 1.807) is 13.8 Å². The SMILES string of the molecule is C/C(=C\C(=N)C(F)(F)F)[C@H]([B]C=O)C(C)C.CC.CCC(C)C(C)C.CCCC. The van der Waals surface area contributed by atoms with E-state index >= 15 is 0 Å². The van der Waals surface area contributed by atoms with Gasteiger partial charge < -0.3 is 4.79 Å². The largest absolute Gasteiger partial charge is 0.432 e. The first-order valence-corrected chi connectivity index (χ1v) is 10.9. The minimum Gasteiger partial charge on any atom is -0.315 e. The van der Waals surface area contributed by atoms with E-state index in [2.05, 4.69) is 41.5 Å². The van der Waals surface area contributed by atoms with Crippen molar-refractivity contribution in [1.29, 1.82) is 5.41 Å². The maximum Gasteiger partial charge on any atom is 0.432 e. The molecule has 0 rings (SSSR count). The highest BCUT2D eigenvalue weighted by molar-refractivity contribution is 6.68. The van der Waals surface area contributed by atoms with Crippen molar-refractivity contribution in [3.63, 3.8) is 0 Å². The molecule has 2 nitrogen and oxygen atoms in total. The van der Waals surface area contributed by atoms with E-state index in [-0.39, 0.29) is 11.7 Å². The summed E-state index contributed by atoms with van der Waals surface area (Å²) in [4.78, 5) is 10.3. The van der Waals surface area contributed by atoms with Crippen LogP contribution in [0.2, 0.25) is 5.82 Å². The van der Waals surface area contributed by atoms with Gasteiger partial charge in [0.15, 0.2) is 0 Å². The van der Waals surface area contributed by atoms with Crippen molar-refractivity contribution in [3.8, 4) is 0 Å². The molecule has 2 atom stereocenters. The molecule has 173 valence electrons. The summed E-state index contributed by atoms with van der Waals surface area (Å²) in [6.45, 7) is 22.5. The van der Waals surface area contributed by atoms with Gasteiger partial charge in [0.25, 0.3) is 0 Å². The second kappa shape index (κ2) is 21.6. The molecule has 1 N–H and O–H groups in total. The predicted molar refractivity (Wildman–Crippen MR) is 125 cm³/mol. The maximum atomic E-state index is 12.1. The molecule has 0 spiro atoms. The molecule has 0 aliphatic heterocycles. The van der Waals surface area contributed by atoms with Gasteiger partial charge in [-0.2, -0.15) is 13.2 Å². The molecule has 0 saturated heterocycles. The third kappa shape index (κ3) is 23.1. The number of hydrogen-bond acceptors (Lipinski definition) is 2. The van der Waals surface area contributed by atoms with Gasteiger partial charge in [0, 0.05) is 0 Å². The molecule has 1 radical (unpaired) electrons. The van der Waals surface area contributed by atoms with Crippen LogP contribution >= 0.6 is 0 Å². The third-order valence-electron chi connectivity index (χ3n) is 4.49. The molecular formula is C23H46BF3NO. The van der Waals surface area contributed by atoms with E-state index < -0.39 is 11.9 Å². The van der Waals surface area contributed by atoms with E-state index in [1.165, 1.54) is 33.5 Å². The molecule has 0 aliphatic rings. The summed E-state index contributed by atoms with van der Waals surface area (Å²) in [5.74, 6) is 1.42. The molecule has 0 saturated carbocycles. The van der Waals surface area contributed by atoms with Crippen LogP contribution in [0.25, 0.3) is 0 Å². The van der Waals surface area contributed by atoms with Crippen molar-refractivity contribution < 1.29 is 18.0 Å². The van der Waals surface area contributed by atoms with Crippen LogP contribution in [0.5, 0.6) is 0 Å². The van der Waals surface area contributed by atoms with Crippen LogP contribution in [-0.4, -0.2) is 25.4 Å². The number of allylic oxidation sites excluding steroid dienone is 2. The minimum absolute atomic E-state index is 0.0162. The number of alkyl halides is 3. The lowest BCUT2D eigenvalue weighted by Gasteiger charge is -2.19. The quantitative estimate of drug-likeness (QED) is 0.239. The molecule has 0 aliphatic carbocycles. The van der Waals surface area contributed by atoms with Crippen LogP contribution < -0.4 is 0 Å². The highest BCUT2D eigenvalue weighted by atomic mass is 19.4. The zero-order valence-electron chi connectivity index (χ0n) is 20.7. The molecule has 0 aromatic heterocycles. The summed E-state index contributed by atoms with van der Waals surface area (Å²) < 4.78 is 36.3. The van der Waals surface area contributed by atoms with Gasteiger partial charge in [-0.3, -0.25) is 5.41 Å². The average Bonchev–Trinajstić information content (AvgIpc) is 2.66. The first-order chi connectivity index (χ1) is 13.3. The summed E-state index contributed by atoms with van der Waals surface area (Å²) in [5, 5.41) is 6.83. The molecule has 29 heavy (non-hydrogen) atoms. The van der Waals surface area contributed by atoms with Crippen LogP contribution in [0.3, 0.4) is 0 Å². The summed E-state index contributed by atoms with van der Waals surface area (Å²) in [6, 6.07) is 0. The Morgan fingerprint density at radius 3 is 1.55 bits per heavy atom. The molecule has 1 unspecified atom stereocenters. The summed E-state index contributed by atoms with van der Waals surface area (Å²) in [7, 11) is 1.31. The lowest BCUT2D eigenvalue weighted by atomic mass is 9.58. The van der Waals surface area contributed by atoms with Crippen LogP contribution in [-0.2, 0) is 4.79 Å². The second-order valence-corrected chi connectivity index (χ2v) is 7.53. The molecule has 0 heterocycles. The molecular weight excluding hydrogens is 374 g/mol. The van der Waals surface area contributed by atoms with Crippen molar-refractivity contribution in [2.45, 2.75) is 107 Å². The van der Waals surface area contributed by atoms with Gasteiger partial charge in [0.1, 0.15) is 5.71 Å². The first kappa shape index (κ1) is 35.4. The van der Waals surface area contributed by atoms with Crippen LogP contribution in [0, 0.1) is 23.2 Å². The lowest BCUT2D eigenvalue weighted by molar-refractivity contribution is -0.0584. The number of unbranched alkanes of at least 4 members (excludes halogenated alkanes) is 1. The van der Waals surface area contributed by atoms with E-state index in [1.807, 2.05) is 13.8 Å². The fraction of sp³-hybridized carbons (Fsp3) is 0.826. The second-order valence-electron chi connectivity index (χ2n) is 7.53. The summed E-state index contributed by atoms with van der Waals surface area (Å²) in [6.07, 6.45) is 0.658. The fourth-order valence-corrected chi connectivity index (χ4v) is 1.86. The van der Waals surface area contributed by atoms with E-state index in [0.717, 1.165) is 17.9 Å². The van der Waals surface area contributed by atoms with Gasteiger partial charge in [-0.25, -0.2) is 0 Å². The van der Waals surface area contributed by atoms with Crippen molar-refractivity contribution in [3.05, 3.63) is 11.6 Å². The molecule has 0 amide bonds. The Labute approximate surface area is 179 Å². The Morgan fingerprint density at radius 2 is 1.38 bits per heavy atom. The number of nitrogens with one attached hydrogen (secondary N) is 1. The smallest absolute Gasteiger partial charge is 0.315 e. The van der Waals surface area contributed by atoms with Gasteiger partial charge in [0.05, 0.1) is 6.19 Å². The van der Waals surface area contributed by atoms with Gasteiger partial charge in [0.2, 0.25) is 7.28 Å². The Hall–Kier alpha value is -1.07. The van der Waals surface area contributed by atoms with E-state index in [4.69, 9.17) is 5.41 Å². The van der Waals surface area contributed by atoms with Gasteiger partial charge in [-0.1, -0.05) is 94.1 Å². The van der Waals surface area contributed by atoms with E-state index in [9.17, 15) is 18.0 Å². The van der Waals surface area contributed by atoms with Crippen molar-refractivity contribution >= 4 is 19.2 Å². The average molecular weight is 420 g/mol. The molecule has 0 aromatic rings. The topological polar surface area (TPSA) is 40.9 Å². The van der Waals surface area contributed by atoms with Gasteiger partial charge >= 0.3 is 6.18 Å². The normalized spacial score (nSPS) is 13.0. The Bertz CT molecular complexity index is 417. The lowest BCUT2D eigenvalue weighted by Crippen LogP contribution is -2.21. The van der Waals surface area contributed by atoms with Gasteiger partial charge in [-0.05, 0) is 36.6 Å². The molecule has 6 heteroatoms. The Morgan fingerprint density at radius 1 is 0.966 bits per heavy atom. The predicted octanol–water partition coefficient (Wildman–Crippen LogP) is 8.37. The van der Waals surface area contributed by atoms with Crippen molar-refractivity contribution in [2.24, 2.45) is 17.8 Å². The highest BCUT2D eigenvalue weighted by Crippen LogP contribution is 2.27. The van der Waals surface area contributed by atoms with Crippen LogP contribution in [0.15, 0.2) is 11.6 Å². The van der Waals surface area contributed by atoms with Crippen molar-refractivity contribution in [2.75, 3.05) is 0 Å². The fourth-order valence-electron chi connectivity index (χ4n) is 1.86. The molecule has 0 bridgehead atoms. The maximum absolute atomic E-state index is 12.1. The molecule has 0 fully saturated rings. The number of carbonyl (C=O) groups is 1. The number of hydrogen-bond donors (Lipinski definition) is 1. The monoisotopic (exact) mass is 420 g/mol. The Kier molecular flexibility index (Phi) is 26.4. The number of rotatable bonds is 8. The summed E-state index contributed by atoms with van der Waals surface area (Å²) >= 11 is 0. The first-order valence-electron chi connectivity index (χ1n) is 10.9. The standard InChI is InChI=1S/C10H14BF3NO.C7H16.C4H10.C2H6/c1-6(2)9(11-5-16)7(3)4-8(15)10(12,13)14;1-5-7(4)6(2)3;1-3-4-2;1-2/h4-6,9,15H,1-3H3;6-7H,5H2,1-4H3;3-4H2,1-2H3;1-2H3/b7-4+,15-8?;;;/t9-;;;/m1.../s1. The summed E-state index contributed by atoms with van der Waals surface area (Å²) in [5.41, 5.74) is -1.03. The minimum atomic E-state index is -4.63. The van der Waals surface area contributed by atoms with Crippen molar-refractivity contribution in [1.82, 2.24) is 0 Å². The number of carbonyl (C=O) groups excluding carboxylic acids is 1. The van der Waals surface area contributed by atoms with Crippen LogP contribution in [0.4, 0.5) is 13.2 Å². The highest BCUT2D eigenvalue weighted by Gasteiger charge is 2.33. The van der Waals surface area contributed by atoms with E-state index in [0.29, 0.717) is 11.8 Å². The Balaban J connectivity index is -0.000000198. The zero-order valence-corrected chi connectivity index (χ0v) is 20.7. The number of halogens is 3. The molecule has 0 aromatic carbocycles.